The summed E-state index contributed by atoms with van der Waals surface area (Å²) in [6.07, 6.45) is 13.9. The van der Waals surface area contributed by atoms with Crippen LogP contribution in [0, 0.1) is 0 Å². The number of aromatic nitrogens is 4. The number of thiol groups is 1. The first-order chi connectivity index (χ1) is 14.1. The van der Waals surface area contributed by atoms with Crippen molar-refractivity contribution in [3.05, 3.63) is 42.5 Å². The third kappa shape index (κ3) is 3.63. The lowest BCUT2D eigenvalue weighted by atomic mass is 9.90. The van der Waals surface area contributed by atoms with Crippen LogP contribution in [0.1, 0.15) is 24.8 Å². The van der Waals surface area contributed by atoms with Gasteiger partial charge in [0.05, 0.1) is 6.20 Å². The van der Waals surface area contributed by atoms with Gasteiger partial charge in [-0.1, -0.05) is 18.9 Å². The van der Waals surface area contributed by atoms with Gasteiger partial charge in [0.25, 0.3) is 0 Å². The molecule has 3 aromatic heterocycles. The van der Waals surface area contributed by atoms with Gasteiger partial charge in [0, 0.05) is 74.4 Å². The van der Waals surface area contributed by atoms with Gasteiger partial charge >= 0.3 is 0 Å². The van der Waals surface area contributed by atoms with E-state index in [1.165, 1.54) is 43.7 Å². The monoisotopic (exact) mass is 408 g/mol. The fraction of sp³-hybridized carbons (Fsp3) is 0.455. The molecular weight excluding hydrogens is 380 g/mol. The van der Waals surface area contributed by atoms with E-state index in [1.807, 2.05) is 36.5 Å². The molecule has 0 spiro atoms. The number of likely N-dealkylation sites (N-methyl/N-ethyl adjacent to an activating group) is 1. The second-order valence-corrected chi connectivity index (χ2v) is 8.81. The Hall–Kier alpha value is -2.09. The molecule has 2 aliphatic rings. The van der Waals surface area contributed by atoms with Crippen molar-refractivity contribution >= 4 is 29.4 Å². The van der Waals surface area contributed by atoms with E-state index in [1.54, 1.807) is 3.97 Å². The number of piperazine rings is 1. The lowest BCUT2D eigenvalue weighted by Gasteiger charge is -2.39. The number of rotatable bonds is 3. The second-order valence-electron chi connectivity index (χ2n) is 8.38. The van der Waals surface area contributed by atoms with Gasteiger partial charge in [0.15, 0.2) is 0 Å². The molecule has 6 nitrogen and oxygen atoms in total. The fourth-order valence-electron chi connectivity index (χ4n) is 4.66. The highest BCUT2D eigenvalue weighted by molar-refractivity contribution is 7.78. The standard InChI is InChI=1S/C22H28N6S/c1-25-7-9-27(10-8-25)19-5-3-16(4-6-19)17-11-20-21(18-13-24-26(2)14-18)15-28(29)22(20)23-12-17/h3,11-15,19,29H,4-10H2,1-2H3. The van der Waals surface area contributed by atoms with E-state index in [9.17, 15) is 0 Å². The Kier molecular flexibility index (Phi) is 4.97. The normalized spacial score (nSPS) is 21.6. The quantitative estimate of drug-likeness (QED) is 0.675. The molecule has 0 N–H and O–H groups in total. The summed E-state index contributed by atoms with van der Waals surface area (Å²) in [4.78, 5) is 9.83. The maximum absolute atomic E-state index is 4.73. The summed E-state index contributed by atoms with van der Waals surface area (Å²) < 4.78 is 3.64. The number of aryl methyl sites for hydroxylation is 1. The molecule has 0 radical (unpaired) electrons. The van der Waals surface area contributed by atoms with Crippen LogP contribution >= 0.6 is 12.8 Å². The van der Waals surface area contributed by atoms with Crippen LogP contribution < -0.4 is 0 Å². The number of pyridine rings is 1. The number of hydrogen-bond donors (Lipinski definition) is 1. The molecule has 1 atom stereocenters. The molecule has 4 heterocycles. The van der Waals surface area contributed by atoms with Gasteiger partial charge < -0.3 is 4.90 Å². The Bertz CT molecular complexity index is 1060. The minimum atomic E-state index is 0.689. The number of fused-ring (bicyclic) bond motifs is 1. The van der Waals surface area contributed by atoms with Crippen molar-refractivity contribution in [1.82, 2.24) is 28.5 Å². The predicted molar refractivity (Wildman–Crippen MR) is 121 cm³/mol. The molecule has 152 valence electrons. The lowest BCUT2D eigenvalue weighted by molar-refractivity contribution is 0.107. The minimum absolute atomic E-state index is 0.689. The van der Waals surface area contributed by atoms with Crippen LogP contribution in [0.2, 0.25) is 0 Å². The summed E-state index contributed by atoms with van der Waals surface area (Å²) in [5.41, 5.74) is 5.77. The van der Waals surface area contributed by atoms with Crippen LogP contribution in [0.5, 0.6) is 0 Å². The maximum Gasteiger partial charge on any atom is 0.150 e. The Morgan fingerprint density at radius 2 is 1.86 bits per heavy atom. The van der Waals surface area contributed by atoms with Gasteiger partial charge in [-0.2, -0.15) is 5.10 Å². The third-order valence-electron chi connectivity index (χ3n) is 6.45. The summed E-state index contributed by atoms with van der Waals surface area (Å²) >= 11 is 4.57. The van der Waals surface area contributed by atoms with Gasteiger partial charge in [-0.3, -0.25) is 13.6 Å². The molecule has 0 aromatic carbocycles. The van der Waals surface area contributed by atoms with Gasteiger partial charge in [-0.05, 0) is 43.5 Å². The Labute approximate surface area is 177 Å². The molecule has 29 heavy (non-hydrogen) atoms. The minimum Gasteiger partial charge on any atom is -0.304 e. The van der Waals surface area contributed by atoms with Crippen molar-refractivity contribution in [2.45, 2.75) is 25.3 Å². The van der Waals surface area contributed by atoms with Crippen molar-refractivity contribution in [2.24, 2.45) is 7.05 Å². The number of hydrogen-bond acceptors (Lipinski definition) is 5. The molecule has 0 saturated carbocycles. The molecule has 3 aromatic rings. The average Bonchev–Trinajstić information content (AvgIpc) is 3.31. The largest absolute Gasteiger partial charge is 0.304 e. The van der Waals surface area contributed by atoms with E-state index in [0.717, 1.165) is 35.0 Å². The lowest BCUT2D eigenvalue weighted by Crippen LogP contribution is -2.49. The second kappa shape index (κ2) is 7.63. The Balaban J connectivity index is 1.41. The summed E-state index contributed by atoms with van der Waals surface area (Å²) in [5, 5.41) is 5.45. The van der Waals surface area contributed by atoms with E-state index >= 15 is 0 Å². The van der Waals surface area contributed by atoms with E-state index < -0.39 is 0 Å². The van der Waals surface area contributed by atoms with Crippen LogP contribution in [-0.4, -0.2) is 67.8 Å². The van der Waals surface area contributed by atoms with Gasteiger partial charge in [0.2, 0.25) is 0 Å². The molecule has 5 rings (SSSR count). The number of nitrogens with zero attached hydrogens (tertiary/aromatic N) is 6. The van der Waals surface area contributed by atoms with Crippen LogP contribution in [0.15, 0.2) is 36.9 Å². The molecule has 0 amide bonds. The maximum atomic E-state index is 4.73. The number of allylic oxidation sites excluding steroid dienone is 1. The zero-order valence-corrected chi connectivity index (χ0v) is 18.0. The van der Waals surface area contributed by atoms with Crippen molar-refractivity contribution in [2.75, 3.05) is 33.2 Å². The molecular formula is C22H28N6S. The van der Waals surface area contributed by atoms with Crippen molar-refractivity contribution in [3.63, 3.8) is 0 Å². The summed E-state index contributed by atoms with van der Waals surface area (Å²) in [6, 6.07) is 2.97. The third-order valence-corrected chi connectivity index (χ3v) is 6.75. The van der Waals surface area contributed by atoms with Crippen LogP contribution in [0.3, 0.4) is 0 Å². The van der Waals surface area contributed by atoms with E-state index in [0.29, 0.717) is 6.04 Å². The Morgan fingerprint density at radius 1 is 1.03 bits per heavy atom. The predicted octanol–water partition coefficient (Wildman–Crippen LogP) is 3.31. The summed E-state index contributed by atoms with van der Waals surface area (Å²) in [6.45, 7) is 4.76. The average molecular weight is 409 g/mol. The molecule has 0 bridgehead atoms. The SMILES string of the molecule is CN1CCN(C2CC=C(c3cnc4c(c3)c(-c3cnn(C)c3)cn4S)CC2)CC1. The van der Waals surface area contributed by atoms with Crippen LogP contribution in [-0.2, 0) is 7.05 Å². The first kappa shape index (κ1) is 18.9. The summed E-state index contributed by atoms with van der Waals surface area (Å²) in [5.74, 6) is 0. The zero-order chi connectivity index (χ0) is 20.0. The highest BCUT2D eigenvalue weighted by atomic mass is 32.1. The smallest absolute Gasteiger partial charge is 0.150 e. The molecule has 1 aliphatic heterocycles. The Morgan fingerprint density at radius 3 is 2.55 bits per heavy atom. The van der Waals surface area contributed by atoms with Crippen molar-refractivity contribution in [1.29, 1.82) is 0 Å². The summed E-state index contributed by atoms with van der Waals surface area (Å²) in [7, 11) is 4.16. The molecule has 1 aliphatic carbocycles. The topological polar surface area (TPSA) is 42.1 Å². The first-order valence-corrected chi connectivity index (χ1v) is 10.8. The molecule has 7 heteroatoms. The molecule has 1 unspecified atom stereocenters. The van der Waals surface area contributed by atoms with Crippen LogP contribution in [0.25, 0.3) is 27.7 Å². The van der Waals surface area contributed by atoms with Crippen molar-refractivity contribution < 1.29 is 0 Å². The zero-order valence-electron chi connectivity index (χ0n) is 17.1. The van der Waals surface area contributed by atoms with E-state index in [4.69, 9.17) is 4.98 Å². The van der Waals surface area contributed by atoms with Gasteiger partial charge in [-0.15, -0.1) is 0 Å². The van der Waals surface area contributed by atoms with Crippen LogP contribution in [0.4, 0.5) is 0 Å². The fourth-order valence-corrected chi connectivity index (χ4v) is 4.93. The van der Waals surface area contributed by atoms with E-state index in [2.05, 4.69) is 46.9 Å². The highest BCUT2D eigenvalue weighted by Gasteiger charge is 2.25. The molecule has 1 fully saturated rings. The van der Waals surface area contributed by atoms with Gasteiger partial charge in [0.1, 0.15) is 5.65 Å². The van der Waals surface area contributed by atoms with E-state index in [-0.39, 0.29) is 0 Å². The van der Waals surface area contributed by atoms with Crippen molar-refractivity contribution in [3.8, 4) is 11.1 Å². The molecule has 1 saturated heterocycles. The first-order valence-electron chi connectivity index (χ1n) is 10.4. The highest BCUT2D eigenvalue weighted by Crippen LogP contribution is 2.34. The van der Waals surface area contributed by atoms with Gasteiger partial charge in [-0.25, -0.2) is 4.98 Å².